The molecule has 0 aliphatic carbocycles. The number of likely N-dealkylation sites (N-methyl/N-ethyl adjacent to an activating group) is 1. The summed E-state index contributed by atoms with van der Waals surface area (Å²) in [4.78, 5) is 37.3. The van der Waals surface area contributed by atoms with Crippen LogP contribution in [-0.4, -0.2) is 64.7 Å². The second-order valence-electron chi connectivity index (χ2n) is 5.92. The van der Waals surface area contributed by atoms with Crippen molar-refractivity contribution in [3.63, 3.8) is 0 Å². The van der Waals surface area contributed by atoms with Crippen LogP contribution in [0.4, 0.5) is 4.79 Å². The smallest absolute Gasteiger partial charge is 0.410 e. The van der Waals surface area contributed by atoms with E-state index in [4.69, 9.17) is 9.84 Å². The third-order valence-corrected chi connectivity index (χ3v) is 2.94. The summed E-state index contributed by atoms with van der Waals surface area (Å²) >= 11 is 0. The van der Waals surface area contributed by atoms with Gasteiger partial charge < -0.3 is 19.6 Å². The highest BCUT2D eigenvalue weighted by Gasteiger charge is 2.34. The molecule has 0 radical (unpaired) electrons. The van der Waals surface area contributed by atoms with Gasteiger partial charge in [0.25, 0.3) is 0 Å². The summed E-state index contributed by atoms with van der Waals surface area (Å²) in [5, 5.41) is 9.03. The average molecular weight is 286 g/mol. The Morgan fingerprint density at radius 1 is 1.35 bits per heavy atom. The van der Waals surface area contributed by atoms with E-state index in [0.717, 1.165) is 4.90 Å². The molecule has 0 spiro atoms. The molecule has 0 aromatic carbocycles. The van der Waals surface area contributed by atoms with Crippen LogP contribution in [0, 0.1) is 0 Å². The fourth-order valence-electron chi connectivity index (χ4n) is 2.02. The Hall–Kier alpha value is -1.79. The van der Waals surface area contributed by atoms with Gasteiger partial charge in [-0.15, -0.1) is 0 Å². The van der Waals surface area contributed by atoms with E-state index in [-0.39, 0.29) is 12.5 Å². The number of carboxylic acids is 1. The van der Waals surface area contributed by atoms with Gasteiger partial charge in [0.05, 0.1) is 0 Å². The van der Waals surface area contributed by atoms with Gasteiger partial charge in [0.15, 0.2) is 0 Å². The summed E-state index contributed by atoms with van der Waals surface area (Å²) in [7, 11) is 1.46. The van der Waals surface area contributed by atoms with Gasteiger partial charge in [-0.05, 0) is 33.6 Å². The Bertz CT molecular complexity index is 402. The quantitative estimate of drug-likeness (QED) is 0.834. The lowest BCUT2D eigenvalue weighted by molar-refractivity contribution is -0.148. The Morgan fingerprint density at radius 3 is 2.45 bits per heavy atom. The molecule has 114 valence electrons. The number of carboxylic acid groups (broad SMARTS) is 1. The van der Waals surface area contributed by atoms with Crippen LogP contribution < -0.4 is 0 Å². The maximum Gasteiger partial charge on any atom is 0.410 e. The molecule has 1 fully saturated rings. The lowest BCUT2D eigenvalue weighted by Gasteiger charge is -2.27. The standard InChI is InChI=1S/C13H22N2O5/c1-13(2,3)20-12(19)14(4)8-10(16)15-7-5-6-9(15)11(17)18/h9H,5-8H2,1-4H3,(H,17,18). The number of ether oxygens (including phenoxy) is 1. The largest absolute Gasteiger partial charge is 0.480 e. The van der Waals surface area contributed by atoms with E-state index >= 15 is 0 Å². The zero-order chi connectivity index (χ0) is 15.5. The number of carbonyl (C=O) groups is 3. The number of aliphatic carboxylic acids is 1. The summed E-state index contributed by atoms with van der Waals surface area (Å²) in [6, 6.07) is -0.783. The summed E-state index contributed by atoms with van der Waals surface area (Å²) in [6.45, 7) is 5.45. The van der Waals surface area contributed by atoms with Crippen LogP contribution in [0.1, 0.15) is 33.6 Å². The summed E-state index contributed by atoms with van der Waals surface area (Å²) in [5.74, 6) is -1.38. The fraction of sp³-hybridized carbons (Fsp3) is 0.769. The molecule has 0 aromatic heterocycles. The fourth-order valence-corrected chi connectivity index (χ4v) is 2.02. The van der Waals surface area contributed by atoms with Crippen molar-refractivity contribution in [3.05, 3.63) is 0 Å². The third-order valence-electron chi connectivity index (χ3n) is 2.94. The minimum atomic E-state index is -1.00. The number of amides is 2. The topological polar surface area (TPSA) is 87.2 Å². The number of hydrogen-bond acceptors (Lipinski definition) is 4. The molecule has 1 heterocycles. The molecule has 20 heavy (non-hydrogen) atoms. The second kappa shape index (κ2) is 6.11. The number of rotatable bonds is 3. The minimum absolute atomic E-state index is 0.182. The van der Waals surface area contributed by atoms with Crippen molar-refractivity contribution in [2.45, 2.75) is 45.3 Å². The predicted octanol–water partition coefficient (Wildman–Crippen LogP) is 0.929. The van der Waals surface area contributed by atoms with Crippen molar-refractivity contribution in [1.82, 2.24) is 9.80 Å². The maximum atomic E-state index is 12.1. The number of nitrogens with zero attached hydrogens (tertiary/aromatic N) is 2. The molecule has 2 amide bonds. The van der Waals surface area contributed by atoms with Crippen molar-refractivity contribution in [2.75, 3.05) is 20.1 Å². The van der Waals surface area contributed by atoms with E-state index in [1.165, 1.54) is 11.9 Å². The van der Waals surface area contributed by atoms with Gasteiger partial charge in [0, 0.05) is 13.6 Å². The van der Waals surface area contributed by atoms with Crippen LogP contribution in [-0.2, 0) is 14.3 Å². The molecule has 1 saturated heterocycles. The number of hydrogen-bond donors (Lipinski definition) is 1. The normalized spacial score (nSPS) is 18.8. The first kappa shape index (κ1) is 16.3. The van der Waals surface area contributed by atoms with Gasteiger partial charge in [0.1, 0.15) is 18.2 Å². The van der Waals surface area contributed by atoms with Crippen molar-refractivity contribution in [1.29, 1.82) is 0 Å². The zero-order valence-electron chi connectivity index (χ0n) is 12.4. The summed E-state index contributed by atoms with van der Waals surface area (Å²) < 4.78 is 5.14. The van der Waals surface area contributed by atoms with Crippen LogP contribution in [0.15, 0.2) is 0 Å². The molecule has 7 nitrogen and oxygen atoms in total. The number of likely N-dealkylation sites (tertiary alicyclic amines) is 1. The predicted molar refractivity (Wildman–Crippen MR) is 71.2 cm³/mol. The Morgan fingerprint density at radius 2 is 1.95 bits per heavy atom. The first-order valence-electron chi connectivity index (χ1n) is 6.58. The van der Waals surface area contributed by atoms with E-state index in [1.807, 2.05) is 0 Å². The van der Waals surface area contributed by atoms with Crippen LogP contribution in [0.5, 0.6) is 0 Å². The van der Waals surface area contributed by atoms with E-state index in [0.29, 0.717) is 19.4 Å². The van der Waals surface area contributed by atoms with Crippen molar-refractivity contribution in [2.24, 2.45) is 0 Å². The van der Waals surface area contributed by atoms with Gasteiger partial charge >= 0.3 is 12.1 Å². The zero-order valence-corrected chi connectivity index (χ0v) is 12.4. The van der Waals surface area contributed by atoms with E-state index in [1.54, 1.807) is 20.8 Å². The van der Waals surface area contributed by atoms with Crippen LogP contribution >= 0.6 is 0 Å². The van der Waals surface area contributed by atoms with Crippen LogP contribution in [0.25, 0.3) is 0 Å². The molecule has 1 aliphatic heterocycles. The van der Waals surface area contributed by atoms with Crippen LogP contribution in [0.2, 0.25) is 0 Å². The highest BCUT2D eigenvalue weighted by atomic mass is 16.6. The van der Waals surface area contributed by atoms with Crippen LogP contribution in [0.3, 0.4) is 0 Å². The maximum absolute atomic E-state index is 12.1. The SMILES string of the molecule is CN(CC(=O)N1CCCC1C(=O)O)C(=O)OC(C)(C)C. The molecule has 1 unspecified atom stereocenters. The van der Waals surface area contributed by atoms with Crippen molar-refractivity contribution >= 4 is 18.0 Å². The van der Waals surface area contributed by atoms with Crippen molar-refractivity contribution in [3.8, 4) is 0 Å². The van der Waals surface area contributed by atoms with E-state index < -0.39 is 23.7 Å². The summed E-state index contributed by atoms with van der Waals surface area (Å²) in [6.07, 6.45) is 0.521. The Kier molecular flexibility index (Phi) is 4.97. The lowest BCUT2D eigenvalue weighted by Crippen LogP contribution is -2.46. The van der Waals surface area contributed by atoms with Gasteiger partial charge in [0.2, 0.25) is 5.91 Å². The number of carbonyl (C=O) groups excluding carboxylic acids is 2. The Labute approximate surface area is 118 Å². The minimum Gasteiger partial charge on any atom is -0.480 e. The highest BCUT2D eigenvalue weighted by Crippen LogP contribution is 2.18. The highest BCUT2D eigenvalue weighted by molar-refractivity contribution is 5.87. The first-order chi connectivity index (χ1) is 9.11. The van der Waals surface area contributed by atoms with Gasteiger partial charge in [-0.3, -0.25) is 4.79 Å². The molecule has 1 N–H and O–H groups in total. The summed E-state index contributed by atoms with van der Waals surface area (Å²) in [5.41, 5.74) is -0.633. The lowest BCUT2D eigenvalue weighted by atomic mass is 10.2. The monoisotopic (exact) mass is 286 g/mol. The molecule has 0 aromatic rings. The van der Waals surface area contributed by atoms with Crippen molar-refractivity contribution < 1.29 is 24.2 Å². The average Bonchev–Trinajstić information content (AvgIpc) is 2.75. The molecule has 0 saturated carbocycles. The van der Waals surface area contributed by atoms with Gasteiger partial charge in [-0.2, -0.15) is 0 Å². The molecular formula is C13H22N2O5. The molecular weight excluding hydrogens is 264 g/mol. The van der Waals surface area contributed by atoms with Gasteiger partial charge in [-0.1, -0.05) is 0 Å². The molecule has 7 heteroatoms. The molecule has 1 atom stereocenters. The Balaban J connectivity index is 2.57. The molecule has 1 rings (SSSR count). The van der Waals surface area contributed by atoms with E-state index in [2.05, 4.69) is 0 Å². The first-order valence-corrected chi connectivity index (χ1v) is 6.58. The third kappa shape index (κ3) is 4.40. The molecule has 0 bridgehead atoms. The molecule has 1 aliphatic rings. The van der Waals surface area contributed by atoms with Gasteiger partial charge in [-0.25, -0.2) is 9.59 Å². The second-order valence-corrected chi connectivity index (χ2v) is 5.92. The van der Waals surface area contributed by atoms with E-state index in [9.17, 15) is 14.4 Å².